The van der Waals surface area contributed by atoms with Crippen molar-refractivity contribution >= 4 is 50.8 Å². The predicted octanol–water partition coefficient (Wildman–Crippen LogP) is 2.31. The van der Waals surface area contributed by atoms with Crippen molar-refractivity contribution in [2.45, 2.75) is 6.92 Å². The first-order chi connectivity index (χ1) is 13.5. The monoisotopic (exact) mass is 438 g/mol. The van der Waals surface area contributed by atoms with Crippen LogP contribution in [0, 0.1) is 5.92 Å². The molecule has 1 atom stereocenters. The summed E-state index contributed by atoms with van der Waals surface area (Å²) in [6.45, 7) is 1.50. The van der Waals surface area contributed by atoms with Crippen LogP contribution in [0.4, 0.5) is 11.4 Å². The number of anilines is 2. The number of aromatic hydroxyl groups is 1. The third kappa shape index (κ3) is 3.89. The molecule has 1 aliphatic heterocycles. The Balaban J connectivity index is 1.90. The average Bonchev–Trinajstić information content (AvgIpc) is 2.83. The molecular formula is C18H15ClN2O7S. The molecule has 0 aliphatic carbocycles. The Kier molecular flexibility index (Phi) is 5.24. The Labute approximate surface area is 170 Å². The van der Waals surface area contributed by atoms with Crippen molar-refractivity contribution in [3.8, 4) is 5.75 Å². The van der Waals surface area contributed by atoms with Gasteiger partial charge in [-0.3, -0.25) is 9.59 Å². The van der Waals surface area contributed by atoms with Gasteiger partial charge in [0.1, 0.15) is 5.75 Å². The van der Waals surface area contributed by atoms with Gasteiger partial charge in [-0.15, -0.1) is 0 Å². The van der Waals surface area contributed by atoms with Gasteiger partial charge in [0.15, 0.2) is 0 Å². The molecule has 0 radical (unpaired) electrons. The minimum atomic E-state index is -3.82. The third-order valence-electron chi connectivity index (χ3n) is 4.28. The molecule has 0 unspecified atom stereocenters. The first-order valence-electron chi connectivity index (χ1n) is 8.25. The van der Waals surface area contributed by atoms with Crippen molar-refractivity contribution in [2.75, 3.05) is 15.4 Å². The van der Waals surface area contributed by atoms with Crippen molar-refractivity contribution in [3.63, 3.8) is 0 Å². The number of phenols is 1. The fourth-order valence-corrected chi connectivity index (χ4v) is 4.93. The molecule has 29 heavy (non-hydrogen) atoms. The second-order valence-electron chi connectivity index (χ2n) is 6.44. The number of rotatable bonds is 4. The fourth-order valence-electron chi connectivity index (χ4n) is 2.86. The van der Waals surface area contributed by atoms with E-state index < -0.39 is 33.7 Å². The van der Waals surface area contributed by atoms with Gasteiger partial charge in [-0.05, 0) is 36.4 Å². The van der Waals surface area contributed by atoms with Gasteiger partial charge >= 0.3 is 5.97 Å². The lowest BCUT2D eigenvalue weighted by atomic mass is 10.1. The molecule has 2 aromatic carbocycles. The molecule has 3 N–H and O–H groups in total. The van der Waals surface area contributed by atoms with E-state index >= 15 is 0 Å². The second kappa shape index (κ2) is 7.37. The average molecular weight is 439 g/mol. The summed E-state index contributed by atoms with van der Waals surface area (Å²) in [5.74, 6) is -3.94. The normalized spacial score (nSPS) is 17.9. The maximum atomic E-state index is 12.5. The Hall–Kier alpha value is -3.11. The molecule has 152 valence electrons. The van der Waals surface area contributed by atoms with Crippen molar-refractivity contribution < 1.29 is 33.0 Å². The van der Waals surface area contributed by atoms with Gasteiger partial charge < -0.3 is 15.5 Å². The zero-order valence-corrected chi connectivity index (χ0v) is 16.5. The molecule has 9 nitrogen and oxygen atoms in total. The maximum Gasteiger partial charge on any atom is 0.335 e. The number of carboxylic acid groups (broad SMARTS) is 1. The summed E-state index contributed by atoms with van der Waals surface area (Å²) in [6, 6.07) is 7.04. The highest BCUT2D eigenvalue weighted by atomic mass is 35.5. The molecule has 1 saturated heterocycles. The molecule has 0 spiro atoms. The molecule has 1 aliphatic rings. The van der Waals surface area contributed by atoms with Crippen LogP contribution in [0.2, 0.25) is 5.02 Å². The Morgan fingerprint density at radius 3 is 2.45 bits per heavy atom. The number of sulfonamides is 1. The Morgan fingerprint density at radius 1 is 1.21 bits per heavy atom. The van der Waals surface area contributed by atoms with Crippen LogP contribution in [0.25, 0.3) is 0 Å². The zero-order chi connectivity index (χ0) is 21.5. The van der Waals surface area contributed by atoms with Crippen LogP contribution in [-0.2, 0) is 14.8 Å². The molecule has 11 heteroatoms. The quantitative estimate of drug-likeness (QED) is 0.622. The van der Waals surface area contributed by atoms with E-state index in [1.165, 1.54) is 31.2 Å². The molecule has 1 heterocycles. The fraction of sp³-hybridized carbons (Fsp3) is 0.167. The van der Waals surface area contributed by atoms with E-state index in [0.29, 0.717) is 4.31 Å². The molecular weight excluding hydrogens is 424 g/mol. The summed E-state index contributed by atoms with van der Waals surface area (Å²) in [5.41, 5.74) is -0.336. The van der Waals surface area contributed by atoms with Gasteiger partial charge in [0.25, 0.3) is 5.91 Å². The Bertz CT molecular complexity index is 1150. The van der Waals surface area contributed by atoms with E-state index in [0.717, 1.165) is 12.1 Å². The summed E-state index contributed by atoms with van der Waals surface area (Å²) >= 11 is 6.12. The number of phenolic OH excluding ortho intramolecular Hbond substituents is 1. The first-order valence-corrected chi connectivity index (χ1v) is 10.2. The predicted molar refractivity (Wildman–Crippen MR) is 105 cm³/mol. The van der Waals surface area contributed by atoms with Crippen LogP contribution in [-0.4, -0.2) is 42.2 Å². The zero-order valence-electron chi connectivity index (χ0n) is 14.9. The molecule has 3 rings (SSSR count). The molecule has 0 saturated carbocycles. The maximum absolute atomic E-state index is 12.5. The van der Waals surface area contributed by atoms with Crippen LogP contribution in [0.5, 0.6) is 5.75 Å². The van der Waals surface area contributed by atoms with Gasteiger partial charge in [-0.2, -0.15) is 0 Å². The van der Waals surface area contributed by atoms with E-state index in [-0.39, 0.29) is 39.0 Å². The SMILES string of the molecule is C[C@@H]1CS(=O)(=O)N(c2ccc(C(=O)Nc3cc(C(=O)O)ccc3O)c(Cl)c2)C1=O. The van der Waals surface area contributed by atoms with E-state index in [9.17, 15) is 27.9 Å². The molecule has 2 aromatic rings. The van der Waals surface area contributed by atoms with E-state index in [1.807, 2.05) is 0 Å². The first kappa shape index (κ1) is 20.6. The summed E-state index contributed by atoms with van der Waals surface area (Å²) < 4.78 is 25.0. The number of hydrogen-bond donors (Lipinski definition) is 3. The number of benzene rings is 2. The van der Waals surface area contributed by atoms with Crippen molar-refractivity contribution in [3.05, 3.63) is 52.5 Å². The number of halogens is 1. The summed E-state index contributed by atoms with van der Waals surface area (Å²) in [5, 5.41) is 21.1. The second-order valence-corrected chi connectivity index (χ2v) is 8.71. The lowest BCUT2D eigenvalue weighted by molar-refractivity contribution is -0.119. The number of aromatic carboxylic acids is 1. The minimum Gasteiger partial charge on any atom is -0.506 e. The van der Waals surface area contributed by atoms with Gasteiger partial charge in [0.05, 0.1) is 39.2 Å². The minimum absolute atomic E-state index is 0.0108. The van der Waals surface area contributed by atoms with Gasteiger partial charge in [0, 0.05) is 0 Å². The van der Waals surface area contributed by atoms with Gasteiger partial charge in [-0.1, -0.05) is 18.5 Å². The number of nitrogens with one attached hydrogen (secondary N) is 1. The Morgan fingerprint density at radius 2 is 1.90 bits per heavy atom. The van der Waals surface area contributed by atoms with Crippen molar-refractivity contribution in [1.82, 2.24) is 0 Å². The van der Waals surface area contributed by atoms with Crippen molar-refractivity contribution in [2.24, 2.45) is 5.92 Å². The summed E-state index contributed by atoms with van der Waals surface area (Å²) in [6.07, 6.45) is 0. The van der Waals surface area contributed by atoms with E-state index in [2.05, 4.69) is 5.32 Å². The van der Waals surface area contributed by atoms with Crippen LogP contribution in [0.15, 0.2) is 36.4 Å². The smallest absolute Gasteiger partial charge is 0.335 e. The number of amides is 2. The number of carboxylic acids is 1. The standard InChI is InChI=1S/C18H15ClN2O7S/c1-9-8-29(27,28)21(17(9)24)11-3-4-12(13(19)7-11)16(23)20-14-6-10(18(25)26)2-5-15(14)22/h2-7,9,22H,8H2,1H3,(H,20,23)(H,25,26)/t9-/m1/s1. The lowest BCUT2D eigenvalue weighted by Crippen LogP contribution is -2.30. The van der Waals surface area contributed by atoms with Gasteiger partial charge in [0.2, 0.25) is 15.9 Å². The van der Waals surface area contributed by atoms with E-state index in [1.54, 1.807) is 0 Å². The highest BCUT2D eigenvalue weighted by Crippen LogP contribution is 2.32. The topological polar surface area (TPSA) is 141 Å². The highest BCUT2D eigenvalue weighted by Gasteiger charge is 2.42. The number of carbonyl (C=O) groups is 3. The molecule has 2 amide bonds. The number of hydrogen-bond acceptors (Lipinski definition) is 6. The van der Waals surface area contributed by atoms with Crippen molar-refractivity contribution in [1.29, 1.82) is 0 Å². The summed E-state index contributed by atoms with van der Waals surface area (Å²) in [4.78, 5) is 35.7. The number of nitrogens with zero attached hydrogens (tertiary/aromatic N) is 1. The number of carbonyl (C=O) groups excluding carboxylic acids is 2. The van der Waals surface area contributed by atoms with Gasteiger partial charge in [-0.25, -0.2) is 17.5 Å². The van der Waals surface area contributed by atoms with E-state index in [4.69, 9.17) is 16.7 Å². The van der Waals surface area contributed by atoms with Crippen LogP contribution in [0.1, 0.15) is 27.6 Å². The highest BCUT2D eigenvalue weighted by molar-refractivity contribution is 7.94. The van der Waals surface area contributed by atoms with Crippen LogP contribution < -0.4 is 9.62 Å². The molecule has 0 bridgehead atoms. The molecule has 1 fully saturated rings. The lowest BCUT2D eigenvalue weighted by Gasteiger charge is -2.16. The van der Waals surface area contributed by atoms with Crippen LogP contribution >= 0.6 is 11.6 Å². The summed E-state index contributed by atoms with van der Waals surface area (Å²) in [7, 11) is -3.82. The third-order valence-corrected chi connectivity index (χ3v) is 6.47. The van der Waals surface area contributed by atoms with Crippen LogP contribution in [0.3, 0.4) is 0 Å². The molecule has 0 aromatic heterocycles. The largest absolute Gasteiger partial charge is 0.506 e.